The number of ether oxygens (including phenoxy) is 1. The maximum atomic E-state index is 13.3. The summed E-state index contributed by atoms with van der Waals surface area (Å²) in [6.45, 7) is 2.79. The van der Waals surface area contributed by atoms with Crippen molar-refractivity contribution in [3.05, 3.63) is 54.1 Å². The molecule has 0 radical (unpaired) electrons. The molecule has 0 aliphatic carbocycles. The molecule has 3 rings (SSSR count). The number of hydrogen-bond acceptors (Lipinski definition) is 3. The molecular weight excluding hydrogens is 336 g/mol. The second-order valence-electron chi connectivity index (χ2n) is 6.60. The van der Waals surface area contributed by atoms with E-state index in [1.165, 1.54) is 0 Å². The van der Waals surface area contributed by atoms with Crippen LogP contribution in [-0.2, 0) is 16.1 Å². The highest BCUT2D eigenvalue weighted by Gasteiger charge is 2.33. The average molecular weight is 359 g/mol. The van der Waals surface area contributed by atoms with Gasteiger partial charge in [0.2, 0.25) is 0 Å². The van der Waals surface area contributed by atoms with Crippen LogP contribution in [0.25, 0.3) is 11.1 Å². The summed E-state index contributed by atoms with van der Waals surface area (Å²) in [5.74, 6) is -2.75. The van der Waals surface area contributed by atoms with E-state index in [0.29, 0.717) is 19.5 Å². The lowest BCUT2D eigenvalue weighted by Gasteiger charge is -2.33. The van der Waals surface area contributed by atoms with Crippen LogP contribution in [0, 0.1) is 0 Å². The van der Waals surface area contributed by atoms with E-state index in [1.54, 1.807) is 6.92 Å². The number of carbonyl (C=O) groups is 1. The molecule has 1 aliphatic heterocycles. The third-order valence-corrected chi connectivity index (χ3v) is 4.68. The molecule has 1 heterocycles. The summed E-state index contributed by atoms with van der Waals surface area (Å²) in [5, 5.41) is 0. The largest absolute Gasteiger partial charge is 0.461 e. The van der Waals surface area contributed by atoms with Crippen LogP contribution in [0.5, 0.6) is 0 Å². The molecule has 2 aromatic rings. The summed E-state index contributed by atoms with van der Waals surface area (Å²) in [6.07, 6.45) is 0.185. The first-order valence-corrected chi connectivity index (χ1v) is 8.95. The quantitative estimate of drug-likeness (QED) is 0.700. The number of alkyl halides is 2. The number of piperidine rings is 1. The van der Waals surface area contributed by atoms with Crippen molar-refractivity contribution in [3.8, 4) is 11.1 Å². The maximum absolute atomic E-state index is 13.3. The van der Waals surface area contributed by atoms with E-state index >= 15 is 0 Å². The van der Waals surface area contributed by atoms with E-state index in [2.05, 4.69) is 0 Å². The Kier molecular flexibility index (Phi) is 5.55. The molecule has 5 heteroatoms. The van der Waals surface area contributed by atoms with Gasteiger partial charge in [0, 0.05) is 38.0 Å². The van der Waals surface area contributed by atoms with E-state index in [1.807, 2.05) is 53.4 Å². The molecule has 0 saturated carbocycles. The fraction of sp³-hybridized carbons (Fsp3) is 0.381. The van der Waals surface area contributed by atoms with Gasteiger partial charge in [-0.2, -0.15) is 0 Å². The van der Waals surface area contributed by atoms with Crippen molar-refractivity contribution in [3.63, 3.8) is 0 Å². The van der Waals surface area contributed by atoms with Crippen molar-refractivity contribution < 1.29 is 18.3 Å². The minimum atomic E-state index is -2.53. The van der Waals surface area contributed by atoms with Crippen molar-refractivity contribution in [1.82, 2.24) is 0 Å². The average Bonchev–Trinajstić information content (AvgIpc) is 2.66. The molecule has 0 N–H and O–H groups in total. The molecule has 0 amide bonds. The number of halogens is 2. The molecular formula is C21H23F2NO2. The van der Waals surface area contributed by atoms with Crippen molar-refractivity contribution >= 4 is 11.7 Å². The summed E-state index contributed by atoms with van der Waals surface area (Å²) < 4.78 is 31.8. The molecule has 1 saturated heterocycles. The monoisotopic (exact) mass is 359 g/mol. The van der Waals surface area contributed by atoms with Gasteiger partial charge >= 0.3 is 5.97 Å². The van der Waals surface area contributed by atoms with Crippen molar-refractivity contribution in [2.45, 2.75) is 38.7 Å². The van der Waals surface area contributed by atoms with Gasteiger partial charge in [-0.05, 0) is 34.9 Å². The van der Waals surface area contributed by atoms with Gasteiger partial charge < -0.3 is 9.64 Å². The van der Waals surface area contributed by atoms with Gasteiger partial charge in [-0.3, -0.25) is 4.79 Å². The smallest absolute Gasteiger partial charge is 0.305 e. The Morgan fingerprint density at radius 2 is 1.77 bits per heavy atom. The standard InChI is InChI=1S/C21H23F2NO2/c1-2-20(25)26-15-16-4-3-5-18(14-16)17-6-8-19(9-7-17)24-12-10-21(22,23)11-13-24/h3-9,14H,2,10-13,15H2,1H3. The third-order valence-electron chi connectivity index (χ3n) is 4.68. The second kappa shape index (κ2) is 7.85. The van der Waals surface area contributed by atoms with Crippen LogP contribution in [-0.4, -0.2) is 25.0 Å². The molecule has 0 bridgehead atoms. The Morgan fingerprint density at radius 1 is 1.08 bits per heavy atom. The topological polar surface area (TPSA) is 29.5 Å². The first-order valence-electron chi connectivity index (χ1n) is 8.95. The Labute approximate surface area is 152 Å². The summed E-state index contributed by atoms with van der Waals surface area (Å²) in [4.78, 5) is 13.3. The normalized spacial score (nSPS) is 16.3. The van der Waals surface area contributed by atoms with Gasteiger partial charge in [0.25, 0.3) is 5.92 Å². The minimum absolute atomic E-state index is 0.0900. The van der Waals surface area contributed by atoms with Crippen LogP contribution >= 0.6 is 0 Å². The highest BCUT2D eigenvalue weighted by molar-refractivity contribution is 5.69. The molecule has 3 nitrogen and oxygen atoms in total. The Hall–Kier alpha value is -2.43. The van der Waals surface area contributed by atoms with E-state index in [4.69, 9.17) is 4.74 Å². The summed E-state index contributed by atoms with van der Waals surface area (Å²) in [7, 11) is 0. The lowest BCUT2D eigenvalue weighted by atomic mass is 10.0. The maximum Gasteiger partial charge on any atom is 0.305 e. The summed E-state index contributed by atoms with van der Waals surface area (Å²) in [6, 6.07) is 15.8. The van der Waals surface area contributed by atoms with Crippen LogP contribution in [0.1, 0.15) is 31.7 Å². The molecule has 26 heavy (non-hydrogen) atoms. The predicted octanol–water partition coefficient (Wildman–Crippen LogP) is 5.04. The SMILES string of the molecule is CCC(=O)OCc1cccc(-c2ccc(N3CCC(F)(F)CC3)cc2)c1. The highest BCUT2D eigenvalue weighted by Crippen LogP contribution is 2.31. The van der Waals surface area contributed by atoms with Gasteiger partial charge in [0.15, 0.2) is 0 Å². The zero-order chi connectivity index (χ0) is 18.6. The molecule has 0 unspecified atom stereocenters. The Balaban J connectivity index is 1.68. The van der Waals surface area contributed by atoms with Gasteiger partial charge in [0.05, 0.1) is 0 Å². The van der Waals surface area contributed by atoms with E-state index in [-0.39, 0.29) is 25.4 Å². The van der Waals surface area contributed by atoms with Gasteiger partial charge in [-0.15, -0.1) is 0 Å². The number of benzene rings is 2. The highest BCUT2D eigenvalue weighted by atomic mass is 19.3. The molecule has 0 atom stereocenters. The van der Waals surface area contributed by atoms with Crippen LogP contribution < -0.4 is 4.90 Å². The zero-order valence-corrected chi connectivity index (χ0v) is 14.9. The van der Waals surface area contributed by atoms with Gasteiger partial charge in [0.1, 0.15) is 6.61 Å². The number of hydrogen-bond donors (Lipinski definition) is 0. The number of carbonyl (C=O) groups excluding carboxylic acids is 1. The van der Waals surface area contributed by atoms with E-state index < -0.39 is 5.92 Å². The number of esters is 1. The van der Waals surface area contributed by atoms with Crippen molar-refractivity contribution in [1.29, 1.82) is 0 Å². The minimum Gasteiger partial charge on any atom is -0.461 e. The molecule has 138 valence electrons. The molecule has 2 aromatic carbocycles. The second-order valence-corrected chi connectivity index (χ2v) is 6.60. The fourth-order valence-electron chi connectivity index (χ4n) is 3.06. The summed E-state index contributed by atoms with van der Waals surface area (Å²) >= 11 is 0. The molecule has 1 fully saturated rings. The lowest BCUT2D eigenvalue weighted by molar-refractivity contribution is -0.144. The Bertz CT molecular complexity index is 749. The molecule has 1 aliphatic rings. The van der Waals surface area contributed by atoms with Crippen LogP contribution in [0.15, 0.2) is 48.5 Å². The fourth-order valence-corrected chi connectivity index (χ4v) is 3.06. The van der Waals surface area contributed by atoms with Crippen LogP contribution in [0.3, 0.4) is 0 Å². The van der Waals surface area contributed by atoms with E-state index in [9.17, 15) is 13.6 Å². The number of rotatable bonds is 5. The van der Waals surface area contributed by atoms with Crippen molar-refractivity contribution in [2.75, 3.05) is 18.0 Å². The first kappa shape index (κ1) is 18.4. The van der Waals surface area contributed by atoms with Gasteiger partial charge in [-0.1, -0.05) is 37.3 Å². The van der Waals surface area contributed by atoms with E-state index in [0.717, 1.165) is 22.4 Å². The number of anilines is 1. The zero-order valence-electron chi connectivity index (χ0n) is 14.9. The lowest BCUT2D eigenvalue weighted by Crippen LogP contribution is -2.39. The van der Waals surface area contributed by atoms with Crippen LogP contribution in [0.2, 0.25) is 0 Å². The third kappa shape index (κ3) is 4.59. The number of nitrogens with zero attached hydrogens (tertiary/aromatic N) is 1. The van der Waals surface area contributed by atoms with Gasteiger partial charge in [-0.25, -0.2) is 8.78 Å². The predicted molar refractivity (Wildman–Crippen MR) is 98.4 cm³/mol. The molecule has 0 spiro atoms. The van der Waals surface area contributed by atoms with Crippen LogP contribution in [0.4, 0.5) is 14.5 Å². The Morgan fingerprint density at radius 3 is 2.42 bits per heavy atom. The molecule has 0 aromatic heterocycles. The van der Waals surface area contributed by atoms with Crippen molar-refractivity contribution in [2.24, 2.45) is 0 Å². The first-order chi connectivity index (χ1) is 12.5. The summed E-state index contributed by atoms with van der Waals surface area (Å²) in [5.41, 5.74) is 3.98.